The van der Waals surface area contributed by atoms with E-state index in [1.165, 1.54) is 4.98 Å². The third-order valence-electron chi connectivity index (χ3n) is 2.39. The van der Waals surface area contributed by atoms with Gasteiger partial charge in [0, 0.05) is 0 Å². The van der Waals surface area contributed by atoms with Crippen LogP contribution in [0.25, 0.3) is 0 Å². The highest BCUT2D eigenvalue weighted by molar-refractivity contribution is 5.94. The van der Waals surface area contributed by atoms with Crippen LogP contribution in [-0.4, -0.2) is 41.7 Å². The fourth-order valence-electron chi connectivity index (χ4n) is 1.32. The summed E-state index contributed by atoms with van der Waals surface area (Å²) in [6.07, 6.45) is -6.39. The Morgan fingerprint density at radius 3 is 2.52 bits per heavy atom. The molecule has 1 rings (SSSR count). The number of carbonyl (C=O) groups excluding carboxylic acids is 2. The second kappa shape index (κ2) is 6.39. The van der Waals surface area contributed by atoms with Gasteiger partial charge in [0.15, 0.2) is 6.10 Å². The third kappa shape index (κ3) is 4.31. The molecule has 3 N–H and O–H groups in total. The van der Waals surface area contributed by atoms with Gasteiger partial charge in [0.2, 0.25) is 0 Å². The zero-order chi connectivity index (χ0) is 16.2. The summed E-state index contributed by atoms with van der Waals surface area (Å²) in [5.41, 5.74) is -3.12. The maximum atomic E-state index is 12.3. The van der Waals surface area contributed by atoms with Crippen LogP contribution in [0.3, 0.4) is 0 Å². The summed E-state index contributed by atoms with van der Waals surface area (Å²) < 4.78 is 41.2. The van der Waals surface area contributed by atoms with Crippen LogP contribution in [0.1, 0.15) is 16.1 Å². The lowest BCUT2D eigenvalue weighted by molar-refractivity contribution is -0.150. The highest BCUT2D eigenvalue weighted by atomic mass is 19.4. The number of pyridine rings is 1. The molecular weight excluding hydrogens is 297 g/mol. The van der Waals surface area contributed by atoms with Crippen LogP contribution in [0.5, 0.6) is 0 Å². The highest BCUT2D eigenvalue weighted by Gasteiger charge is 2.32. The van der Waals surface area contributed by atoms with Gasteiger partial charge in [-0.1, -0.05) is 0 Å². The number of hydrogen-bond donors (Lipinski definition) is 3. The molecule has 1 atom stereocenters. The number of aliphatic hydroxyl groups is 1. The monoisotopic (exact) mass is 308 g/mol. The number of aliphatic hydroxyl groups excluding tert-OH is 1. The standard InChI is InChI=1S/C11H11F3N2O5/c1-21-10(20)6(17)4-15-8(18)5-2-3-7(11(12,13)14)16-9(5)19/h2-3,6,17H,4H2,1H3,(H,15,18)(H,16,19). The number of rotatable bonds is 4. The third-order valence-corrected chi connectivity index (χ3v) is 2.39. The van der Waals surface area contributed by atoms with Crippen LogP contribution in [0.4, 0.5) is 13.2 Å². The minimum Gasteiger partial charge on any atom is -0.467 e. The van der Waals surface area contributed by atoms with Gasteiger partial charge < -0.3 is 20.1 Å². The van der Waals surface area contributed by atoms with Crippen LogP contribution in [0.15, 0.2) is 16.9 Å². The summed E-state index contributed by atoms with van der Waals surface area (Å²) in [7, 11) is 1.02. The van der Waals surface area contributed by atoms with Crippen molar-refractivity contribution in [1.29, 1.82) is 0 Å². The number of alkyl halides is 3. The Kier molecular flexibility index (Phi) is 5.08. The Hall–Kier alpha value is -2.36. The molecule has 0 fully saturated rings. The van der Waals surface area contributed by atoms with Crippen molar-refractivity contribution in [3.8, 4) is 0 Å². The first kappa shape index (κ1) is 16.7. The largest absolute Gasteiger partial charge is 0.467 e. The number of amides is 1. The fourth-order valence-corrected chi connectivity index (χ4v) is 1.32. The molecule has 1 unspecified atom stereocenters. The Morgan fingerprint density at radius 1 is 1.43 bits per heavy atom. The van der Waals surface area contributed by atoms with E-state index >= 15 is 0 Å². The molecule has 0 saturated heterocycles. The van der Waals surface area contributed by atoms with E-state index in [0.29, 0.717) is 12.1 Å². The van der Waals surface area contributed by atoms with Gasteiger partial charge in [0.1, 0.15) is 11.3 Å². The normalized spacial score (nSPS) is 12.6. The molecule has 0 aromatic carbocycles. The van der Waals surface area contributed by atoms with E-state index in [9.17, 15) is 32.7 Å². The van der Waals surface area contributed by atoms with Crippen molar-refractivity contribution in [1.82, 2.24) is 10.3 Å². The smallest absolute Gasteiger partial charge is 0.431 e. The van der Waals surface area contributed by atoms with Gasteiger partial charge in [-0.15, -0.1) is 0 Å². The zero-order valence-corrected chi connectivity index (χ0v) is 10.7. The summed E-state index contributed by atoms with van der Waals surface area (Å²) in [5, 5.41) is 11.2. The van der Waals surface area contributed by atoms with Crippen molar-refractivity contribution in [3.63, 3.8) is 0 Å². The molecule has 0 bridgehead atoms. The van der Waals surface area contributed by atoms with Crippen LogP contribution >= 0.6 is 0 Å². The molecule has 10 heteroatoms. The lowest BCUT2D eigenvalue weighted by Crippen LogP contribution is -2.39. The van der Waals surface area contributed by atoms with E-state index in [1.807, 2.05) is 5.32 Å². The molecule has 1 heterocycles. The summed E-state index contributed by atoms with van der Waals surface area (Å²) in [6.45, 7) is -0.550. The van der Waals surface area contributed by atoms with Crippen molar-refractivity contribution < 1.29 is 32.6 Å². The molecule has 0 aliphatic carbocycles. The Balaban J connectivity index is 2.81. The quantitative estimate of drug-likeness (QED) is 0.659. The van der Waals surface area contributed by atoms with Gasteiger partial charge in [-0.3, -0.25) is 9.59 Å². The van der Waals surface area contributed by atoms with Crippen molar-refractivity contribution >= 4 is 11.9 Å². The van der Waals surface area contributed by atoms with E-state index in [1.54, 1.807) is 0 Å². The fraction of sp³-hybridized carbons (Fsp3) is 0.364. The number of halogens is 3. The van der Waals surface area contributed by atoms with Gasteiger partial charge >= 0.3 is 12.1 Å². The number of nitrogens with one attached hydrogen (secondary N) is 2. The summed E-state index contributed by atoms with van der Waals surface area (Å²) in [4.78, 5) is 35.3. The van der Waals surface area contributed by atoms with Crippen molar-refractivity contribution in [2.75, 3.05) is 13.7 Å². The molecule has 7 nitrogen and oxygen atoms in total. The Morgan fingerprint density at radius 2 is 2.05 bits per heavy atom. The van der Waals surface area contributed by atoms with E-state index in [2.05, 4.69) is 4.74 Å². The minimum absolute atomic E-state index is 0.535. The maximum absolute atomic E-state index is 12.3. The lowest BCUT2D eigenvalue weighted by Gasteiger charge is -2.10. The van der Waals surface area contributed by atoms with E-state index in [0.717, 1.165) is 7.11 Å². The molecule has 21 heavy (non-hydrogen) atoms. The number of aromatic nitrogens is 1. The maximum Gasteiger partial charge on any atom is 0.431 e. The Bertz CT molecular complexity index is 596. The molecule has 1 aromatic heterocycles. The summed E-state index contributed by atoms with van der Waals surface area (Å²) in [5.74, 6) is -2.04. The van der Waals surface area contributed by atoms with Crippen LogP contribution in [0, 0.1) is 0 Å². The summed E-state index contributed by atoms with van der Waals surface area (Å²) >= 11 is 0. The lowest BCUT2D eigenvalue weighted by atomic mass is 10.2. The van der Waals surface area contributed by atoms with Gasteiger partial charge in [-0.2, -0.15) is 13.2 Å². The minimum atomic E-state index is -4.74. The van der Waals surface area contributed by atoms with Gasteiger partial charge in [0.25, 0.3) is 11.5 Å². The summed E-state index contributed by atoms with van der Waals surface area (Å²) in [6, 6.07) is 1.23. The zero-order valence-electron chi connectivity index (χ0n) is 10.7. The van der Waals surface area contributed by atoms with E-state index < -0.39 is 47.5 Å². The van der Waals surface area contributed by atoms with E-state index in [-0.39, 0.29) is 0 Å². The molecule has 1 aromatic rings. The number of hydrogen-bond acceptors (Lipinski definition) is 5. The topological polar surface area (TPSA) is 108 Å². The second-order valence-corrected chi connectivity index (χ2v) is 3.86. The average molecular weight is 308 g/mol. The number of aromatic amines is 1. The van der Waals surface area contributed by atoms with Crippen molar-refractivity contribution in [2.45, 2.75) is 12.3 Å². The number of H-pyrrole nitrogens is 1. The SMILES string of the molecule is COC(=O)C(O)CNC(=O)c1ccc(C(F)(F)F)[nH]c1=O. The van der Waals surface area contributed by atoms with Crippen molar-refractivity contribution in [3.05, 3.63) is 33.7 Å². The van der Waals surface area contributed by atoms with E-state index in [4.69, 9.17) is 0 Å². The highest BCUT2D eigenvalue weighted by Crippen LogP contribution is 2.26. The predicted molar refractivity (Wildman–Crippen MR) is 62.4 cm³/mol. The first-order valence-corrected chi connectivity index (χ1v) is 5.51. The second-order valence-electron chi connectivity index (χ2n) is 3.86. The molecular formula is C11H11F3N2O5. The van der Waals surface area contributed by atoms with Crippen LogP contribution in [-0.2, 0) is 15.7 Å². The number of esters is 1. The molecule has 0 spiro atoms. The molecule has 0 saturated carbocycles. The molecule has 116 valence electrons. The number of ether oxygens (including phenoxy) is 1. The van der Waals surface area contributed by atoms with Gasteiger partial charge in [0.05, 0.1) is 13.7 Å². The number of methoxy groups -OCH3 is 1. The van der Waals surface area contributed by atoms with Crippen LogP contribution in [0.2, 0.25) is 0 Å². The average Bonchev–Trinajstić information content (AvgIpc) is 2.42. The van der Waals surface area contributed by atoms with Crippen molar-refractivity contribution in [2.24, 2.45) is 0 Å². The number of carbonyl (C=O) groups is 2. The first-order valence-electron chi connectivity index (χ1n) is 5.51. The van der Waals surface area contributed by atoms with Crippen LogP contribution < -0.4 is 10.9 Å². The Labute approximate surface area is 115 Å². The molecule has 0 radical (unpaired) electrons. The first-order chi connectivity index (χ1) is 9.66. The van der Waals surface area contributed by atoms with Gasteiger partial charge in [-0.05, 0) is 12.1 Å². The molecule has 0 aliphatic heterocycles. The predicted octanol–water partition coefficient (Wildman–Crippen LogP) is -0.343. The molecule has 1 amide bonds. The van der Waals surface area contributed by atoms with Gasteiger partial charge in [-0.25, -0.2) is 4.79 Å². The molecule has 0 aliphatic rings.